The molecule has 0 bridgehead atoms. The Morgan fingerprint density at radius 3 is 2.88 bits per heavy atom. The van der Waals surface area contributed by atoms with Crippen LogP contribution in [0.4, 0.5) is 16.3 Å². The molecular formula is C18H18N4O4. The van der Waals surface area contributed by atoms with Gasteiger partial charge in [-0.1, -0.05) is 0 Å². The number of rotatable bonds is 4. The summed E-state index contributed by atoms with van der Waals surface area (Å²) in [5.41, 5.74) is 1.73. The fourth-order valence-corrected chi connectivity index (χ4v) is 2.98. The first-order chi connectivity index (χ1) is 12.6. The molecule has 0 spiro atoms. The number of urea groups is 1. The second-order valence-corrected chi connectivity index (χ2v) is 6.16. The topological polar surface area (TPSA) is 84.0 Å². The van der Waals surface area contributed by atoms with Crippen molar-refractivity contribution in [1.29, 1.82) is 0 Å². The van der Waals surface area contributed by atoms with Crippen molar-refractivity contribution in [3.8, 4) is 11.5 Å². The summed E-state index contributed by atoms with van der Waals surface area (Å²) in [7, 11) is 0. The normalized spacial score (nSPS) is 15.5. The Balaban J connectivity index is 1.40. The first-order valence-electron chi connectivity index (χ1n) is 8.29. The number of fused-ring (bicyclic) bond motifs is 1. The molecule has 0 atom stereocenters. The van der Waals surface area contributed by atoms with Gasteiger partial charge in [-0.15, -0.1) is 0 Å². The fraction of sp³-hybridized carbons (Fsp3) is 0.278. The van der Waals surface area contributed by atoms with E-state index in [9.17, 15) is 9.59 Å². The van der Waals surface area contributed by atoms with E-state index in [2.05, 4.69) is 10.3 Å². The fourth-order valence-electron chi connectivity index (χ4n) is 2.98. The van der Waals surface area contributed by atoms with Crippen LogP contribution in [0.5, 0.6) is 11.5 Å². The summed E-state index contributed by atoms with van der Waals surface area (Å²) in [6, 6.07) is 8.79. The van der Waals surface area contributed by atoms with Crippen LogP contribution in [-0.4, -0.2) is 48.2 Å². The maximum absolute atomic E-state index is 12.6. The first-order valence-corrected chi connectivity index (χ1v) is 8.29. The lowest BCUT2D eigenvalue weighted by atomic mass is 10.2. The summed E-state index contributed by atoms with van der Waals surface area (Å²) in [6.45, 7) is 3.07. The van der Waals surface area contributed by atoms with Gasteiger partial charge in [0.25, 0.3) is 0 Å². The molecule has 0 unspecified atom stereocenters. The average Bonchev–Trinajstić information content (AvgIpc) is 3.21. The van der Waals surface area contributed by atoms with Crippen LogP contribution < -0.4 is 19.7 Å². The number of benzene rings is 1. The SMILES string of the molecule is Cc1ccnc(NC(=O)CN2CCN(c3ccc4c(c3)OCO4)C2=O)c1. The van der Waals surface area contributed by atoms with Gasteiger partial charge in [0.2, 0.25) is 12.7 Å². The van der Waals surface area contributed by atoms with Crippen LogP contribution >= 0.6 is 0 Å². The Hall–Kier alpha value is -3.29. The summed E-state index contributed by atoms with van der Waals surface area (Å²) in [6.07, 6.45) is 1.63. The van der Waals surface area contributed by atoms with Crippen LogP contribution in [0.15, 0.2) is 36.5 Å². The molecule has 1 N–H and O–H groups in total. The molecular weight excluding hydrogens is 336 g/mol. The minimum Gasteiger partial charge on any atom is -0.454 e. The molecule has 1 saturated heterocycles. The van der Waals surface area contributed by atoms with Gasteiger partial charge in [-0.25, -0.2) is 9.78 Å². The average molecular weight is 354 g/mol. The number of aryl methyl sites for hydroxylation is 1. The maximum Gasteiger partial charge on any atom is 0.325 e. The monoisotopic (exact) mass is 354 g/mol. The molecule has 3 heterocycles. The number of anilines is 2. The largest absolute Gasteiger partial charge is 0.454 e. The third-order valence-corrected chi connectivity index (χ3v) is 4.28. The summed E-state index contributed by atoms with van der Waals surface area (Å²) >= 11 is 0. The maximum atomic E-state index is 12.6. The Morgan fingerprint density at radius 1 is 1.19 bits per heavy atom. The number of pyridine rings is 1. The zero-order valence-electron chi connectivity index (χ0n) is 14.3. The molecule has 134 valence electrons. The van der Waals surface area contributed by atoms with Crippen molar-refractivity contribution in [2.45, 2.75) is 6.92 Å². The Bertz CT molecular complexity index is 870. The van der Waals surface area contributed by atoms with Crippen molar-refractivity contribution in [1.82, 2.24) is 9.88 Å². The standard InChI is InChI=1S/C18H18N4O4/c1-12-4-5-19-16(8-12)20-17(23)10-21-6-7-22(18(21)24)13-2-3-14-15(9-13)26-11-25-14/h2-5,8-9H,6-7,10-11H2,1H3,(H,19,20,23). The third-order valence-electron chi connectivity index (χ3n) is 4.28. The van der Waals surface area contributed by atoms with Crippen molar-refractivity contribution < 1.29 is 19.1 Å². The number of nitrogens with one attached hydrogen (secondary N) is 1. The smallest absolute Gasteiger partial charge is 0.325 e. The zero-order chi connectivity index (χ0) is 18.1. The third kappa shape index (κ3) is 3.13. The number of carbonyl (C=O) groups is 2. The van der Waals surface area contributed by atoms with E-state index in [1.807, 2.05) is 19.1 Å². The molecule has 2 aliphatic heterocycles. The van der Waals surface area contributed by atoms with Crippen LogP contribution in [0.1, 0.15) is 5.56 Å². The van der Waals surface area contributed by atoms with E-state index in [1.54, 1.807) is 29.3 Å². The number of hydrogen-bond donors (Lipinski definition) is 1. The quantitative estimate of drug-likeness (QED) is 0.908. The van der Waals surface area contributed by atoms with E-state index in [1.165, 1.54) is 4.90 Å². The second-order valence-electron chi connectivity index (χ2n) is 6.16. The first kappa shape index (κ1) is 16.2. The number of aromatic nitrogens is 1. The predicted molar refractivity (Wildman–Crippen MR) is 94.5 cm³/mol. The van der Waals surface area contributed by atoms with Crippen LogP contribution in [0.3, 0.4) is 0 Å². The van der Waals surface area contributed by atoms with Gasteiger partial charge in [-0.05, 0) is 36.8 Å². The highest BCUT2D eigenvalue weighted by Crippen LogP contribution is 2.36. The van der Waals surface area contributed by atoms with Crippen molar-refractivity contribution >= 4 is 23.4 Å². The van der Waals surface area contributed by atoms with Gasteiger partial charge < -0.3 is 19.7 Å². The van der Waals surface area contributed by atoms with Gasteiger partial charge in [-0.3, -0.25) is 9.69 Å². The molecule has 1 fully saturated rings. The van der Waals surface area contributed by atoms with E-state index in [-0.39, 0.29) is 25.3 Å². The van der Waals surface area contributed by atoms with Crippen molar-refractivity contribution in [3.05, 3.63) is 42.1 Å². The van der Waals surface area contributed by atoms with Crippen LogP contribution in [-0.2, 0) is 4.79 Å². The number of ether oxygens (including phenoxy) is 2. The molecule has 3 amide bonds. The van der Waals surface area contributed by atoms with Crippen LogP contribution in [0.2, 0.25) is 0 Å². The number of nitrogens with zero attached hydrogens (tertiary/aromatic N) is 3. The van der Waals surface area contributed by atoms with Crippen molar-refractivity contribution in [3.63, 3.8) is 0 Å². The van der Waals surface area contributed by atoms with Gasteiger partial charge in [-0.2, -0.15) is 0 Å². The summed E-state index contributed by atoms with van der Waals surface area (Å²) < 4.78 is 10.6. The number of amides is 3. The van der Waals surface area contributed by atoms with Gasteiger partial charge in [0.05, 0.1) is 0 Å². The molecule has 0 radical (unpaired) electrons. The lowest BCUT2D eigenvalue weighted by Crippen LogP contribution is -2.37. The van der Waals surface area contributed by atoms with Crippen LogP contribution in [0, 0.1) is 6.92 Å². The van der Waals surface area contributed by atoms with Crippen molar-refractivity contribution in [2.24, 2.45) is 0 Å². The molecule has 1 aromatic carbocycles. The molecule has 2 aliphatic rings. The van der Waals surface area contributed by atoms with E-state index >= 15 is 0 Å². The van der Waals surface area contributed by atoms with Crippen molar-refractivity contribution in [2.75, 3.05) is 36.6 Å². The Kier molecular flexibility index (Phi) is 4.08. The highest BCUT2D eigenvalue weighted by molar-refractivity contribution is 5.99. The lowest BCUT2D eigenvalue weighted by molar-refractivity contribution is -0.116. The van der Waals surface area contributed by atoms with E-state index in [0.717, 1.165) is 11.3 Å². The van der Waals surface area contributed by atoms with Crippen LogP contribution in [0.25, 0.3) is 0 Å². The summed E-state index contributed by atoms with van der Waals surface area (Å²) in [4.78, 5) is 32.1. The molecule has 8 heteroatoms. The van der Waals surface area contributed by atoms with E-state index < -0.39 is 0 Å². The molecule has 8 nitrogen and oxygen atoms in total. The molecule has 0 saturated carbocycles. The predicted octanol–water partition coefficient (Wildman–Crippen LogP) is 2.00. The highest BCUT2D eigenvalue weighted by Gasteiger charge is 2.31. The minimum atomic E-state index is -0.274. The van der Waals surface area contributed by atoms with E-state index in [4.69, 9.17) is 9.47 Å². The molecule has 2 aromatic rings. The number of hydrogen-bond acceptors (Lipinski definition) is 5. The molecule has 4 rings (SSSR count). The minimum absolute atomic E-state index is 0.0183. The van der Waals surface area contributed by atoms with Gasteiger partial charge in [0, 0.05) is 31.0 Å². The summed E-state index contributed by atoms with van der Waals surface area (Å²) in [5.74, 6) is 1.50. The Morgan fingerprint density at radius 2 is 2.04 bits per heavy atom. The molecule has 1 aromatic heterocycles. The number of carbonyl (C=O) groups excluding carboxylic acids is 2. The second kappa shape index (κ2) is 6.55. The van der Waals surface area contributed by atoms with E-state index in [0.29, 0.717) is 30.4 Å². The lowest BCUT2D eigenvalue weighted by Gasteiger charge is -2.18. The summed E-state index contributed by atoms with van der Waals surface area (Å²) in [5, 5.41) is 2.72. The van der Waals surface area contributed by atoms with Gasteiger partial charge in [0.1, 0.15) is 12.4 Å². The molecule has 0 aliphatic carbocycles. The Labute approximate surface area is 150 Å². The molecule has 26 heavy (non-hydrogen) atoms. The van der Waals surface area contributed by atoms with Gasteiger partial charge >= 0.3 is 6.03 Å². The highest BCUT2D eigenvalue weighted by atomic mass is 16.7. The van der Waals surface area contributed by atoms with Gasteiger partial charge in [0.15, 0.2) is 11.5 Å². The zero-order valence-corrected chi connectivity index (χ0v) is 14.3.